The van der Waals surface area contributed by atoms with Gasteiger partial charge in [0.05, 0.1) is 21.3 Å². The van der Waals surface area contributed by atoms with E-state index >= 15 is 0 Å². The third-order valence-electron chi connectivity index (χ3n) is 6.22. The van der Waals surface area contributed by atoms with Gasteiger partial charge in [-0.15, -0.1) is 0 Å². The molecule has 0 atom stereocenters. The molecule has 41 heavy (non-hydrogen) atoms. The number of hydrogen-bond acceptors (Lipinski definition) is 8. The lowest BCUT2D eigenvalue weighted by Gasteiger charge is -2.10. The van der Waals surface area contributed by atoms with Crippen LogP contribution in [0.1, 0.15) is 42.8 Å². The molecular formula is C29H30Br2N10. The number of fused-ring (bicyclic) bond motifs is 2. The maximum absolute atomic E-state index is 4.64. The number of rotatable bonds is 9. The molecule has 0 amide bonds. The molecule has 12 heteroatoms. The molecule has 0 aliphatic carbocycles. The molecule has 6 rings (SSSR count). The van der Waals surface area contributed by atoms with Crippen molar-refractivity contribution in [1.29, 1.82) is 0 Å². The summed E-state index contributed by atoms with van der Waals surface area (Å²) in [4.78, 5) is 17.5. The summed E-state index contributed by atoms with van der Waals surface area (Å²) in [5.41, 5.74) is 6.03. The molecule has 0 saturated carbocycles. The second kappa shape index (κ2) is 13.6. The smallest absolute Gasteiger partial charge is 0.171 e. The van der Waals surface area contributed by atoms with Gasteiger partial charge >= 0.3 is 0 Å². The summed E-state index contributed by atoms with van der Waals surface area (Å²) in [5.74, 6) is 1.87. The molecule has 6 aromatic rings. The van der Waals surface area contributed by atoms with Crippen LogP contribution in [0.25, 0.3) is 11.3 Å². The molecule has 0 saturated heterocycles. The Morgan fingerprint density at radius 2 is 1.22 bits per heavy atom. The third-order valence-corrected chi connectivity index (χ3v) is 7.34. The van der Waals surface area contributed by atoms with Crippen LogP contribution < -0.4 is 10.6 Å². The summed E-state index contributed by atoms with van der Waals surface area (Å²) in [7, 11) is 0. The molecule has 2 N–H and O–H groups in total. The van der Waals surface area contributed by atoms with Gasteiger partial charge in [0.2, 0.25) is 0 Å². The lowest BCUT2D eigenvalue weighted by atomic mass is 10.2. The average Bonchev–Trinajstić information content (AvgIpc) is 3.58. The summed E-state index contributed by atoms with van der Waals surface area (Å²) >= 11 is 6.98. The van der Waals surface area contributed by atoms with Crippen LogP contribution in [0, 0.1) is 0 Å². The minimum atomic E-state index is 0.702. The van der Waals surface area contributed by atoms with Crippen molar-refractivity contribution in [2.75, 3.05) is 10.6 Å². The van der Waals surface area contributed by atoms with Crippen LogP contribution in [0.5, 0.6) is 0 Å². The van der Waals surface area contributed by atoms with Gasteiger partial charge in [-0.25, -0.2) is 9.97 Å². The van der Waals surface area contributed by atoms with Crippen molar-refractivity contribution in [3.63, 3.8) is 0 Å². The minimum absolute atomic E-state index is 0.702. The first-order valence-corrected chi connectivity index (χ1v) is 15.0. The summed E-state index contributed by atoms with van der Waals surface area (Å²) in [5, 5.41) is 15.5. The predicted molar refractivity (Wildman–Crippen MR) is 168 cm³/mol. The number of aryl methyl sites for hydroxylation is 2. The zero-order valence-electron chi connectivity index (χ0n) is 22.8. The van der Waals surface area contributed by atoms with Gasteiger partial charge < -0.3 is 10.6 Å². The van der Waals surface area contributed by atoms with Crippen LogP contribution in [0.2, 0.25) is 0 Å². The minimum Gasteiger partial charge on any atom is -0.366 e. The van der Waals surface area contributed by atoms with Gasteiger partial charge in [-0.2, -0.15) is 19.2 Å². The van der Waals surface area contributed by atoms with Crippen LogP contribution in [-0.2, 0) is 25.9 Å². The number of pyridine rings is 2. The van der Waals surface area contributed by atoms with Crippen molar-refractivity contribution in [1.82, 2.24) is 39.2 Å². The van der Waals surface area contributed by atoms with Crippen molar-refractivity contribution < 1.29 is 0 Å². The van der Waals surface area contributed by atoms with E-state index in [1.165, 1.54) is 0 Å². The fourth-order valence-electron chi connectivity index (χ4n) is 4.18. The molecule has 210 valence electrons. The Kier molecular flexibility index (Phi) is 9.52. The standard InChI is InChI=1S/C15H16BrN5.C14H14BrN5/c1-2-4-12-7-14(18-9-11-5-3-6-17-8-11)21-15(20-12)13(16)10-19-21;1-2-11-6-13(17-8-10-4-3-5-16-7-10)20-14(19-11)12(15)9-18-20/h3,5-8,10,18H,2,4,9H2,1H3;3-7,9,17H,2,8H2,1H3. The van der Waals surface area contributed by atoms with E-state index in [1.807, 2.05) is 47.2 Å². The summed E-state index contributed by atoms with van der Waals surface area (Å²) < 4.78 is 5.43. The molecule has 0 aliphatic rings. The number of halogens is 2. The molecule has 0 aromatic carbocycles. The molecule has 0 fully saturated rings. The lowest BCUT2D eigenvalue weighted by Crippen LogP contribution is -2.07. The quantitative estimate of drug-likeness (QED) is 0.178. The Balaban J connectivity index is 0.000000165. The highest BCUT2D eigenvalue weighted by Gasteiger charge is 2.11. The Bertz CT molecular complexity index is 1720. The number of hydrogen-bond donors (Lipinski definition) is 2. The molecular weight excluding hydrogens is 648 g/mol. The van der Waals surface area contributed by atoms with Gasteiger partial charge in [0.1, 0.15) is 11.6 Å². The average molecular weight is 678 g/mol. The van der Waals surface area contributed by atoms with Crippen molar-refractivity contribution in [2.24, 2.45) is 0 Å². The molecule has 10 nitrogen and oxygen atoms in total. The second-order valence-electron chi connectivity index (χ2n) is 9.25. The van der Waals surface area contributed by atoms with Gasteiger partial charge in [0.15, 0.2) is 11.3 Å². The fourth-order valence-corrected chi connectivity index (χ4v) is 4.88. The van der Waals surface area contributed by atoms with Gasteiger partial charge in [0, 0.05) is 61.4 Å². The van der Waals surface area contributed by atoms with E-state index in [4.69, 9.17) is 0 Å². The van der Waals surface area contributed by atoms with Crippen LogP contribution in [0.4, 0.5) is 11.6 Å². The largest absolute Gasteiger partial charge is 0.366 e. The van der Waals surface area contributed by atoms with E-state index in [1.54, 1.807) is 29.3 Å². The van der Waals surface area contributed by atoms with Gasteiger partial charge in [-0.1, -0.05) is 32.4 Å². The SMILES string of the molecule is CCCc1cc(NCc2cccnc2)n2ncc(Br)c2n1.CCc1cc(NCc2cccnc2)n2ncc(Br)c2n1. The highest BCUT2D eigenvalue weighted by atomic mass is 79.9. The first-order chi connectivity index (χ1) is 20.1. The van der Waals surface area contributed by atoms with E-state index in [2.05, 4.69) is 92.5 Å². The topological polar surface area (TPSA) is 110 Å². The molecule has 0 aliphatic heterocycles. The molecule has 6 heterocycles. The lowest BCUT2D eigenvalue weighted by molar-refractivity contribution is 0.855. The molecule has 6 aromatic heterocycles. The number of nitrogens with one attached hydrogen (secondary N) is 2. The summed E-state index contributed by atoms with van der Waals surface area (Å²) in [6, 6.07) is 12.0. The number of aromatic nitrogens is 8. The number of nitrogens with zero attached hydrogens (tertiary/aromatic N) is 8. The zero-order valence-corrected chi connectivity index (χ0v) is 26.0. The van der Waals surface area contributed by atoms with E-state index in [9.17, 15) is 0 Å². The maximum Gasteiger partial charge on any atom is 0.171 e. The van der Waals surface area contributed by atoms with Crippen LogP contribution in [0.3, 0.4) is 0 Å². The van der Waals surface area contributed by atoms with Crippen LogP contribution in [0.15, 0.2) is 82.5 Å². The van der Waals surface area contributed by atoms with Crippen molar-refractivity contribution in [3.05, 3.63) is 105 Å². The van der Waals surface area contributed by atoms with Crippen LogP contribution in [-0.4, -0.2) is 39.2 Å². The van der Waals surface area contributed by atoms with E-state index < -0.39 is 0 Å². The summed E-state index contributed by atoms with van der Waals surface area (Å²) in [6.45, 7) is 5.65. The number of anilines is 2. The highest BCUT2D eigenvalue weighted by Crippen LogP contribution is 2.22. The predicted octanol–water partition coefficient (Wildman–Crippen LogP) is 6.51. The molecule has 0 unspecified atom stereocenters. The highest BCUT2D eigenvalue weighted by molar-refractivity contribution is 9.11. The van der Waals surface area contributed by atoms with Gasteiger partial charge in [-0.3, -0.25) is 9.97 Å². The van der Waals surface area contributed by atoms with E-state index in [0.717, 1.165) is 73.7 Å². The van der Waals surface area contributed by atoms with E-state index in [0.29, 0.717) is 13.1 Å². The summed E-state index contributed by atoms with van der Waals surface area (Å²) in [6.07, 6.45) is 13.7. The van der Waals surface area contributed by atoms with Gasteiger partial charge in [0.25, 0.3) is 0 Å². The van der Waals surface area contributed by atoms with Crippen molar-refractivity contribution >= 4 is 54.8 Å². The monoisotopic (exact) mass is 676 g/mol. The molecule has 0 spiro atoms. The van der Waals surface area contributed by atoms with Crippen molar-refractivity contribution in [3.8, 4) is 0 Å². The molecule has 0 bridgehead atoms. The second-order valence-corrected chi connectivity index (χ2v) is 11.0. The Labute approximate surface area is 254 Å². The fraction of sp³-hybridized carbons (Fsp3) is 0.241. The Morgan fingerprint density at radius 1 is 0.707 bits per heavy atom. The van der Waals surface area contributed by atoms with Crippen molar-refractivity contribution in [2.45, 2.75) is 46.2 Å². The molecule has 0 radical (unpaired) electrons. The normalized spacial score (nSPS) is 10.9. The van der Waals surface area contributed by atoms with Crippen LogP contribution >= 0.6 is 31.9 Å². The first-order valence-electron chi connectivity index (χ1n) is 13.4. The third kappa shape index (κ3) is 7.06. The Hall–Kier alpha value is -3.90. The van der Waals surface area contributed by atoms with E-state index in [-0.39, 0.29) is 0 Å². The van der Waals surface area contributed by atoms with Gasteiger partial charge in [-0.05, 0) is 68.0 Å². The maximum atomic E-state index is 4.64. The first kappa shape index (κ1) is 28.6. The zero-order chi connectivity index (χ0) is 28.6. The Morgan fingerprint density at radius 3 is 1.68 bits per heavy atom.